The Bertz CT molecular complexity index is 1530. The first-order valence-electron chi connectivity index (χ1n) is 15.5. The summed E-state index contributed by atoms with van der Waals surface area (Å²) in [5.74, 6) is 1.67. The van der Waals surface area contributed by atoms with Crippen molar-refractivity contribution < 1.29 is 14.3 Å². The Morgan fingerprint density at radius 2 is 1.75 bits per heavy atom. The summed E-state index contributed by atoms with van der Waals surface area (Å²) >= 11 is 0. The molecule has 3 aromatic rings. The number of likely N-dealkylation sites (tertiary alicyclic amines) is 1. The van der Waals surface area contributed by atoms with Crippen molar-refractivity contribution in [3.63, 3.8) is 0 Å². The van der Waals surface area contributed by atoms with E-state index >= 15 is 0 Å². The average Bonchev–Trinajstić information content (AvgIpc) is 3.05. The van der Waals surface area contributed by atoms with Crippen LogP contribution < -0.4 is 15.2 Å². The van der Waals surface area contributed by atoms with E-state index in [0.717, 1.165) is 74.8 Å². The Hall–Kier alpha value is -4.21. The van der Waals surface area contributed by atoms with Gasteiger partial charge in [-0.15, -0.1) is 0 Å². The number of methoxy groups -OCH3 is 1. The van der Waals surface area contributed by atoms with Crippen LogP contribution in [0.15, 0.2) is 76.7 Å². The molecule has 0 radical (unpaired) electrons. The maximum absolute atomic E-state index is 13.1. The lowest BCUT2D eigenvalue weighted by Gasteiger charge is -2.39. The number of nitrogens with two attached hydrogens (primary N) is 1. The number of benzene rings is 3. The van der Waals surface area contributed by atoms with Crippen LogP contribution in [0.4, 0.5) is 0 Å². The van der Waals surface area contributed by atoms with Crippen LogP contribution in [0.1, 0.15) is 51.9 Å². The number of nitrogens with zero attached hydrogens (tertiary/aromatic N) is 5. The number of likely N-dealkylation sites (N-methyl/N-ethyl adjacent to an activating group) is 1. The molecule has 0 aliphatic carbocycles. The maximum atomic E-state index is 13.1. The second kappa shape index (κ2) is 13.2. The number of ether oxygens (including phenoxy) is 2. The summed E-state index contributed by atoms with van der Waals surface area (Å²) in [4.78, 5) is 29.4. The van der Waals surface area contributed by atoms with Gasteiger partial charge in [-0.25, -0.2) is 0 Å². The van der Waals surface area contributed by atoms with Crippen molar-refractivity contribution in [3.8, 4) is 11.5 Å². The summed E-state index contributed by atoms with van der Waals surface area (Å²) < 4.78 is 11.7. The second-order valence-electron chi connectivity index (χ2n) is 11.8. The average molecular weight is 595 g/mol. The van der Waals surface area contributed by atoms with Crippen molar-refractivity contribution in [2.24, 2.45) is 15.7 Å². The van der Waals surface area contributed by atoms with Crippen molar-refractivity contribution in [2.45, 2.75) is 31.8 Å². The van der Waals surface area contributed by atoms with Crippen molar-refractivity contribution in [1.82, 2.24) is 14.7 Å². The number of aliphatic imine (C=N–C) groups is 2. The van der Waals surface area contributed by atoms with E-state index in [9.17, 15) is 4.79 Å². The monoisotopic (exact) mass is 594 g/mol. The molecule has 3 heterocycles. The molecule has 2 N–H and O–H groups in total. The third kappa shape index (κ3) is 6.34. The molecule has 44 heavy (non-hydrogen) atoms. The molecule has 0 bridgehead atoms. The van der Waals surface area contributed by atoms with E-state index in [1.54, 1.807) is 7.11 Å². The summed E-state index contributed by atoms with van der Waals surface area (Å²) in [5, 5.41) is 0. The van der Waals surface area contributed by atoms with Gasteiger partial charge in [0.2, 0.25) is 0 Å². The number of hydrogen-bond acceptors (Lipinski definition) is 6. The van der Waals surface area contributed by atoms with Gasteiger partial charge in [-0.05, 0) is 62.3 Å². The Morgan fingerprint density at radius 1 is 1.00 bits per heavy atom. The summed E-state index contributed by atoms with van der Waals surface area (Å²) in [5.41, 5.74) is 12.3. The van der Waals surface area contributed by atoms with E-state index < -0.39 is 0 Å². The molecule has 3 aliphatic rings. The molecule has 0 aromatic heterocycles. The SMILES string of the molecule is CCOc1cc2c(cc1OC)C(c1ccc(C(=O)N=C(N)N3CCN(Cc4ccccc4)CC3)cc1)=N[C@@H]1CCN(C)C[C@H]21. The molecular weight excluding hydrogens is 552 g/mol. The summed E-state index contributed by atoms with van der Waals surface area (Å²) in [6.07, 6.45) is 0.991. The highest BCUT2D eigenvalue weighted by Gasteiger charge is 2.36. The fourth-order valence-corrected chi connectivity index (χ4v) is 6.53. The molecule has 2 fully saturated rings. The molecule has 2 atom stereocenters. The molecule has 0 unspecified atom stereocenters. The molecule has 0 spiro atoms. The van der Waals surface area contributed by atoms with Crippen LogP contribution in [0.5, 0.6) is 11.5 Å². The normalized spacial score (nSPS) is 20.8. The lowest BCUT2D eigenvalue weighted by Crippen LogP contribution is -2.50. The minimum absolute atomic E-state index is 0.190. The number of piperazine rings is 1. The number of fused-ring (bicyclic) bond motifs is 3. The van der Waals surface area contributed by atoms with E-state index in [0.29, 0.717) is 17.9 Å². The molecular formula is C35H42N6O3. The minimum Gasteiger partial charge on any atom is -0.493 e. The predicted molar refractivity (Wildman–Crippen MR) is 174 cm³/mol. The fraction of sp³-hybridized carbons (Fsp3) is 0.400. The zero-order chi connectivity index (χ0) is 30.6. The van der Waals surface area contributed by atoms with Crippen LogP contribution in [0.25, 0.3) is 0 Å². The number of amides is 1. The Labute approximate surface area is 260 Å². The van der Waals surface area contributed by atoms with E-state index in [1.165, 1.54) is 11.1 Å². The van der Waals surface area contributed by atoms with Crippen LogP contribution in [0.3, 0.4) is 0 Å². The number of piperidine rings is 1. The molecule has 9 nitrogen and oxygen atoms in total. The molecule has 230 valence electrons. The zero-order valence-corrected chi connectivity index (χ0v) is 25.9. The van der Waals surface area contributed by atoms with Crippen LogP contribution in [-0.4, -0.2) is 98.4 Å². The van der Waals surface area contributed by atoms with Gasteiger partial charge in [0.05, 0.1) is 25.5 Å². The highest BCUT2D eigenvalue weighted by Crippen LogP contribution is 2.42. The third-order valence-electron chi connectivity index (χ3n) is 8.93. The predicted octanol–water partition coefficient (Wildman–Crippen LogP) is 4.01. The van der Waals surface area contributed by atoms with Crippen LogP contribution in [-0.2, 0) is 6.54 Å². The van der Waals surface area contributed by atoms with E-state index in [1.807, 2.05) is 48.2 Å². The number of carbonyl (C=O) groups is 1. The van der Waals surface area contributed by atoms with Crippen molar-refractivity contribution in [2.75, 3.05) is 60.0 Å². The van der Waals surface area contributed by atoms with Crippen LogP contribution in [0.2, 0.25) is 0 Å². The largest absolute Gasteiger partial charge is 0.493 e. The van der Waals surface area contributed by atoms with Crippen LogP contribution in [0, 0.1) is 0 Å². The fourth-order valence-electron chi connectivity index (χ4n) is 6.53. The van der Waals surface area contributed by atoms with E-state index in [4.69, 9.17) is 20.2 Å². The van der Waals surface area contributed by atoms with E-state index in [2.05, 4.69) is 52.2 Å². The van der Waals surface area contributed by atoms with E-state index in [-0.39, 0.29) is 23.8 Å². The van der Waals surface area contributed by atoms with Gasteiger partial charge in [0.15, 0.2) is 17.5 Å². The Morgan fingerprint density at radius 3 is 2.45 bits per heavy atom. The topological polar surface area (TPSA) is 96.0 Å². The molecule has 9 heteroatoms. The van der Waals surface area contributed by atoms with Gasteiger partial charge in [-0.3, -0.25) is 14.7 Å². The molecule has 2 saturated heterocycles. The standard InChI is InChI=1S/C35H42N6O3/c1-4-44-32-20-27-28(21-31(32)43-3)33(37-30-14-15-39(2)23-29(27)30)25-10-12-26(13-11-25)34(42)38-35(36)41-18-16-40(17-19-41)22-24-8-6-5-7-9-24/h5-13,20-21,29-30H,4,14-19,22-23H2,1-3H3,(H2,36,38,42)/t29-,30-/m1/s1. The maximum Gasteiger partial charge on any atom is 0.280 e. The first-order valence-corrected chi connectivity index (χ1v) is 15.5. The summed E-state index contributed by atoms with van der Waals surface area (Å²) in [6, 6.07) is 22.4. The highest BCUT2D eigenvalue weighted by atomic mass is 16.5. The lowest BCUT2D eigenvalue weighted by molar-refractivity contribution is 0.0999. The smallest absolute Gasteiger partial charge is 0.280 e. The number of hydrogen-bond donors (Lipinski definition) is 1. The second-order valence-corrected chi connectivity index (χ2v) is 11.8. The van der Waals surface area contributed by atoms with Gasteiger partial charge in [0, 0.05) is 61.9 Å². The number of carbonyl (C=O) groups excluding carboxylic acids is 1. The molecule has 6 rings (SSSR count). The number of guanidine groups is 1. The van der Waals surface area contributed by atoms with Gasteiger partial charge < -0.3 is 25.0 Å². The van der Waals surface area contributed by atoms with Gasteiger partial charge in [0.25, 0.3) is 5.91 Å². The third-order valence-corrected chi connectivity index (χ3v) is 8.93. The van der Waals surface area contributed by atoms with Gasteiger partial charge in [-0.1, -0.05) is 42.5 Å². The molecule has 0 saturated carbocycles. The Kier molecular flexibility index (Phi) is 8.95. The molecule has 3 aromatic carbocycles. The minimum atomic E-state index is -0.342. The van der Waals surface area contributed by atoms with Gasteiger partial charge in [0.1, 0.15) is 0 Å². The quantitative estimate of drug-likeness (QED) is 0.326. The molecule has 3 aliphatic heterocycles. The van der Waals surface area contributed by atoms with Crippen LogP contribution >= 0.6 is 0 Å². The van der Waals surface area contributed by atoms with Crippen molar-refractivity contribution >= 4 is 17.6 Å². The zero-order valence-electron chi connectivity index (χ0n) is 25.9. The first kappa shape index (κ1) is 29.8. The molecule has 1 amide bonds. The summed E-state index contributed by atoms with van der Waals surface area (Å²) in [7, 11) is 3.83. The first-order chi connectivity index (χ1) is 21.4. The number of rotatable bonds is 7. The summed E-state index contributed by atoms with van der Waals surface area (Å²) in [6.45, 7) is 8.62. The van der Waals surface area contributed by atoms with Crippen molar-refractivity contribution in [1.29, 1.82) is 0 Å². The Balaban J connectivity index is 1.18. The van der Waals surface area contributed by atoms with Gasteiger partial charge in [-0.2, -0.15) is 4.99 Å². The van der Waals surface area contributed by atoms with Gasteiger partial charge >= 0.3 is 0 Å². The lowest BCUT2D eigenvalue weighted by atomic mass is 9.79. The highest BCUT2D eigenvalue weighted by molar-refractivity contribution is 6.15. The van der Waals surface area contributed by atoms with Crippen molar-refractivity contribution in [3.05, 3.63) is 94.5 Å².